The van der Waals surface area contributed by atoms with Gasteiger partial charge in [0.25, 0.3) is 0 Å². The summed E-state index contributed by atoms with van der Waals surface area (Å²) in [6.07, 6.45) is 2.11. The molecule has 0 aromatic heterocycles. The predicted molar refractivity (Wildman–Crippen MR) is 174 cm³/mol. The second kappa shape index (κ2) is 14.2. The van der Waals surface area contributed by atoms with Crippen molar-refractivity contribution in [3.05, 3.63) is 60.0 Å². The van der Waals surface area contributed by atoms with Crippen LogP contribution in [0, 0.1) is 0 Å². The van der Waals surface area contributed by atoms with E-state index >= 15 is 0 Å². The molecule has 238 valence electrons. The van der Waals surface area contributed by atoms with Crippen LogP contribution in [0.5, 0.6) is 0 Å². The molecule has 0 spiro atoms. The third-order valence-electron chi connectivity index (χ3n) is 7.92. The minimum atomic E-state index is -5.10. The topological polar surface area (TPSA) is 149 Å². The molecule has 1 aliphatic heterocycles. The van der Waals surface area contributed by atoms with E-state index in [0.29, 0.717) is 40.8 Å². The number of rotatable bonds is 14. The van der Waals surface area contributed by atoms with Gasteiger partial charge >= 0.3 is 0 Å². The van der Waals surface area contributed by atoms with Crippen molar-refractivity contribution in [2.75, 3.05) is 44.2 Å². The zero-order chi connectivity index (χ0) is 32.1. The molecule has 4 rings (SSSR count). The van der Waals surface area contributed by atoms with Gasteiger partial charge in [0.1, 0.15) is 34.6 Å². The van der Waals surface area contributed by atoms with E-state index in [-0.39, 0.29) is 17.0 Å². The van der Waals surface area contributed by atoms with Gasteiger partial charge in [-0.3, -0.25) is 0 Å². The third kappa shape index (κ3) is 7.16. The van der Waals surface area contributed by atoms with Gasteiger partial charge in [-0.1, -0.05) is 12.5 Å². The fraction of sp³-hybridized carbons (Fsp3) is 0.406. The Kier molecular flexibility index (Phi) is 10.9. The van der Waals surface area contributed by atoms with Crippen LogP contribution in [0.1, 0.15) is 47.0 Å². The highest BCUT2D eigenvalue weighted by Gasteiger charge is 2.25. The molecule has 1 aliphatic carbocycles. The van der Waals surface area contributed by atoms with E-state index in [1.54, 1.807) is 0 Å². The Morgan fingerprint density at radius 3 is 2.20 bits per heavy atom. The Morgan fingerprint density at radius 1 is 0.864 bits per heavy atom. The van der Waals surface area contributed by atoms with Crippen molar-refractivity contribution in [1.29, 1.82) is 0 Å². The lowest BCUT2D eigenvalue weighted by molar-refractivity contribution is 0.463. The summed E-state index contributed by atoms with van der Waals surface area (Å²) in [6, 6.07) is 15.1. The summed E-state index contributed by atoms with van der Waals surface area (Å²) < 4.78 is 75.5. The number of nitrogens with zero attached hydrogens (tertiary/aromatic N) is 2. The minimum absolute atomic E-state index is 0.110. The number of unbranched alkanes of at least 4 members (excludes halogenated alkanes) is 2. The Labute approximate surface area is 260 Å². The number of hydrogen-bond acceptors (Lipinski definition) is 8. The molecule has 1 heterocycles. The lowest BCUT2D eigenvalue weighted by Crippen LogP contribution is -2.29. The molecule has 0 saturated carbocycles. The zero-order valence-electron chi connectivity index (χ0n) is 25.8. The van der Waals surface area contributed by atoms with Crippen LogP contribution in [-0.2, 0) is 20.1 Å². The van der Waals surface area contributed by atoms with Crippen LogP contribution in [0.2, 0.25) is 0 Å². The molecule has 3 N–H and O–H groups in total. The molecule has 0 atom stereocenters. The largest absolute Gasteiger partial charge is 0.744 e. The molecule has 0 unspecified atom stereocenters. The predicted octanol–water partition coefficient (Wildman–Crippen LogP) is 4.17. The van der Waals surface area contributed by atoms with Gasteiger partial charge in [0.2, 0.25) is 15.4 Å². The Balaban J connectivity index is 2.00. The summed E-state index contributed by atoms with van der Waals surface area (Å²) >= 11 is 0. The van der Waals surface area contributed by atoms with Gasteiger partial charge in [-0.15, -0.1) is 0 Å². The molecule has 0 bridgehead atoms. The van der Waals surface area contributed by atoms with Crippen molar-refractivity contribution in [2.24, 2.45) is 5.73 Å². The molecule has 0 fully saturated rings. The van der Waals surface area contributed by atoms with Crippen LogP contribution in [0.15, 0.2) is 68.8 Å². The molecule has 12 heteroatoms. The Hall–Kier alpha value is -3.29. The van der Waals surface area contributed by atoms with E-state index in [9.17, 15) is 21.4 Å². The Bertz CT molecular complexity index is 1870. The maximum Gasteiger partial charge on any atom is 0.240 e. The van der Waals surface area contributed by atoms with Crippen LogP contribution >= 0.6 is 0 Å². The summed E-state index contributed by atoms with van der Waals surface area (Å²) in [5.74, 6) is 0.513. The second-order valence-electron chi connectivity index (χ2n) is 10.5. The molecule has 10 nitrogen and oxygen atoms in total. The molecule has 2 aromatic carbocycles. The quantitative estimate of drug-likeness (QED) is 0.0901. The molecule has 44 heavy (non-hydrogen) atoms. The fourth-order valence-corrected chi connectivity index (χ4v) is 7.43. The van der Waals surface area contributed by atoms with Gasteiger partial charge in [0.15, 0.2) is 0 Å². The van der Waals surface area contributed by atoms with E-state index in [1.165, 1.54) is 12.1 Å². The van der Waals surface area contributed by atoms with E-state index in [4.69, 9.17) is 10.2 Å². The summed E-state index contributed by atoms with van der Waals surface area (Å²) in [7, 11) is -9.17. The molecule has 0 radical (unpaired) electrons. The summed E-state index contributed by atoms with van der Waals surface area (Å²) in [5, 5.41) is 1.54. The monoisotopic (exact) mass is 642 g/mol. The van der Waals surface area contributed by atoms with Gasteiger partial charge in [-0.05, 0) is 77.4 Å². The average Bonchev–Trinajstić information content (AvgIpc) is 3.00. The average molecular weight is 643 g/mol. The number of nitrogens with one attached hydrogen (secondary N) is 1. The van der Waals surface area contributed by atoms with Gasteiger partial charge in [-0.2, -0.15) is 0 Å². The highest BCUT2D eigenvalue weighted by molar-refractivity contribution is 7.89. The van der Waals surface area contributed by atoms with Crippen molar-refractivity contribution < 1.29 is 25.8 Å². The van der Waals surface area contributed by atoms with Crippen LogP contribution in [0.3, 0.4) is 0 Å². The van der Waals surface area contributed by atoms with Crippen molar-refractivity contribution >= 4 is 36.8 Å². The van der Waals surface area contributed by atoms with Crippen LogP contribution in [0.25, 0.3) is 33.4 Å². The van der Waals surface area contributed by atoms with Crippen molar-refractivity contribution in [1.82, 2.24) is 9.30 Å². The highest BCUT2D eigenvalue weighted by Crippen LogP contribution is 2.43. The molecule has 2 aliphatic rings. The van der Waals surface area contributed by atoms with Gasteiger partial charge in [-0.25, -0.2) is 26.1 Å². The first kappa shape index (κ1) is 33.6. The first-order valence-corrected chi connectivity index (χ1v) is 18.0. The number of hydrogen-bond donors (Lipinski definition) is 2. The maximum absolute atomic E-state index is 13.1. The van der Waals surface area contributed by atoms with Crippen LogP contribution < -0.4 is 25.3 Å². The number of fused-ring (bicyclic) bond motifs is 2. The van der Waals surface area contributed by atoms with Crippen molar-refractivity contribution in [3.8, 4) is 22.5 Å². The Morgan fingerprint density at radius 2 is 1.57 bits per heavy atom. The standard InChI is InChI=1S/C32H42N4O6S2/c1-5-35(6-2)23-12-15-26-29(20-23)42-30-21-24(36(7-3)8-4)13-16-27(30)32(26)28-17-14-25(22-31(28)44(39,40)41)43(37,38)34-19-11-9-10-18-33/h12-17,20-22,34H,5-11,18-19,33H2,1-4H3. The van der Waals surface area contributed by atoms with E-state index < -0.39 is 25.0 Å². The van der Waals surface area contributed by atoms with Crippen LogP contribution in [-0.4, -0.2) is 60.7 Å². The third-order valence-corrected chi connectivity index (χ3v) is 10.3. The first-order chi connectivity index (χ1) is 21.0. The zero-order valence-corrected chi connectivity index (χ0v) is 27.4. The van der Waals surface area contributed by atoms with Crippen molar-refractivity contribution in [3.63, 3.8) is 0 Å². The SMILES string of the molecule is CCN(CC)c1ccc2c(-c3ccc(S(=O)(=O)NCCCCCN)cc3S(=O)(=O)[O-])c3ccc(=[N+](CC)CC)cc-3oc2c1. The number of benzene rings is 3. The summed E-state index contributed by atoms with van der Waals surface area (Å²) in [4.78, 5) is 1.26. The molecular formula is C32H42N4O6S2. The second-order valence-corrected chi connectivity index (χ2v) is 13.7. The van der Waals surface area contributed by atoms with E-state index in [0.717, 1.165) is 56.1 Å². The molecular weight excluding hydrogens is 601 g/mol. The van der Waals surface area contributed by atoms with Gasteiger partial charge in [0.05, 0.1) is 15.9 Å². The van der Waals surface area contributed by atoms with Gasteiger partial charge < -0.3 is 19.6 Å². The maximum atomic E-state index is 13.1. The van der Waals surface area contributed by atoms with Gasteiger partial charge in [0, 0.05) is 59.5 Å². The fourth-order valence-electron chi connectivity index (χ4n) is 5.55. The molecule has 0 saturated heterocycles. The van der Waals surface area contributed by atoms with E-state index in [2.05, 4.69) is 41.9 Å². The minimum Gasteiger partial charge on any atom is -0.744 e. The highest BCUT2D eigenvalue weighted by atomic mass is 32.2. The van der Waals surface area contributed by atoms with E-state index in [1.807, 2.05) is 36.4 Å². The smallest absolute Gasteiger partial charge is 0.240 e. The van der Waals surface area contributed by atoms with Crippen LogP contribution in [0.4, 0.5) is 5.69 Å². The number of nitrogens with two attached hydrogens (primary N) is 1. The lowest BCUT2D eigenvalue weighted by Gasteiger charge is -2.23. The lowest BCUT2D eigenvalue weighted by atomic mass is 9.93. The number of anilines is 1. The molecule has 2 aromatic rings. The normalized spacial score (nSPS) is 12.2. The molecule has 0 amide bonds. The summed E-state index contributed by atoms with van der Waals surface area (Å²) in [6.45, 7) is 12.0. The number of sulfonamides is 1. The summed E-state index contributed by atoms with van der Waals surface area (Å²) in [5.41, 5.74) is 8.15. The van der Waals surface area contributed by atoms with Crippen molar-refractivity contribution in [2.45, 2.75) is 56.7 Å². The first-order valence-electron chi connectivity index (χ1n) is 15.1.